The summed E-state index contributed by atoms with van der Waals surface area (Å²) < 4.78 is 0. The molecule has 0 spiro atoms. The molecule has 4 N–H and O–H groups in total. The molecule has 2 rings (SSSR count). The zero-order valence-corrected chi connectivity index (χ0v) is 13.5. The Morgan fingerprint density at radius 1 is 1.64 bits per heavy atom. The number of aliphatic carboxylic acids is 1. The van der Waals surface area contributed by atoms with E-state index in [9.17, 15) is 15.0 Å². The van der Waals surface area contributed by atoms with Crippen molar-refractivity contribution < 1.29 is 15.0 Å². The number of aliphatic hydroxyl groups is 1. The summed E-state index contributed by atoms with van der Waals surface area (Å²) in [6, 6.07) is -0.393. The second-order valence-electron chi connectivity index (χ2n) is 6.22. The van der Waals surface area contributed by atoms with E-state index in [2.05, 4.69) is 15.5 Å². The molecule has 1 saturated heterocycles. The molecule has 0 bridgehead atoms. The van der Waals surface area contributed by atoms with Gasteiger partial charge in [-0.15, -0.1) is 0 Å². The number of hydrogen-bond donors (Lipinski definition) is 4. The maximum absolute atomic E-state index is 12.1. The molecule has 0 saturated carbocycles. The number of hydrogen-bond acceptors (Lipinski definition) is 5. The molecular weight excluding hydrogens is 282 g/mol. The first-order chi connectivity index (χ1) is 10.5. The molecule has 0 aromatic rings. The first-order valence-corrected chi connectivity index (χ1v) is 7.96. The van der Waals surface area contributed by atoms with Crippen molar-refractivity contribution >= 4 is 5.97 Å². The third-order valence-corrected chi connectivity index (χ3v) is 4.85. The highest BCUT2D eigenvalue weighted by Crippen LogP contribution is 2.30. The van der Waals surface area contributed by atoms with E-state index in [0.29, 0.717) is 6.54 Å². The van der Waals surface area contributed by atoms with Gasteiger partial charge in [-0.05, 0) is 25.5 Å². The van der Waals surface area contributed by atoms with Crippen molar-refractivity contribution in [2.45, 2.75) is 44.4 Å². The Bertz CT molecular complexity index is 477. The standard InChI is InChI=1S/C16H27N3O3/c1-4-7-11(2)14(20)16(17-3,15(21)22)12-10-19-9-6-5-8-13(19)18-12/h5-6,8,11-12,14,17-18,20H,4,7,9-10H2,1-3H3,(H,21,22)/t11-,12?,14-,16+/m1/s1. The van der Waals surface area contributed by atoms with Crippen LogP contribution in [0.2, 0.25) is 0 Å². The summed E-state index contributed by atoms with van der Waals surface area (Å²) in [5.41, 5.74) is -1.41. The van der Waals surface area contributed by atoms with E-state index in [1.54, 1.807) is 7.05 Å². The number of carboxylic acid groups (broad SMARTS) is 1. The SMILES string of the molecule is CCC[C@@H](C)[C@@H](O)[C@](NC)(C(=O)O)C1CN2CC=CC=C2N1. The largest absolute Gasteiger partial charge is 0.480 e. The normalized spacial score (nSPS) is 25.7. The molecule has 0 aromatic heterocycles. The highest BCUT2D eigenvalue weighted by Gasteiger charge is 2.54. The number of carbonyl (C=O) groups is 1. The predicted octanol–water partition coefficient (Wildman–Crippen LogP) is 0.511. The molecule has 0 radical (unpaired) electrons. The van der Waals surface area contributed by atoms with Gasteiger partial charge in [-0.2, -0.15) is 0 Å². The Morgan fingerprint density at radius 3 is 2.91 bits per heavy atom. The average molecular weight is 309 g/mol. The third kappa shape index (κ3) is 2.73. The molecule has 0 aliphatic carbocycles. The van der Waals surface area contributed by atoms with E-state index < -0.39 is 23.7 Å². The van der Waals surface area contributed by atoms with Gasteiger partial charge in [0, 0.05) is 13.1 Å². The molecule has 2 heterocycles. The van der Waals surface area contributed by atoms with Crippen LogP contribution in [0.25, 0.3) is 0 Å². The van der Waals surface area contributed by atoms with Crippen LogP contribution in [0.1, 0.15) is 26.7 Å². The fraction of sp³-hybridized carbons (Fsp3) is 0.688. The van der Waals surface area contributed by atoms with Crippen molar-refractivity contribution in [3.8, 4) is 0 Å². The molecular formula is C16H27N3O3. The van der Waals surface area contributed by atoms with Gasteiger partial charge in [0.25, 0.3) is 0 Å². The Balaban J connectivity index is 2.28. The summed E-state index contributed by atoms with van der Waals surface area (Å²) in [5.74, 6) is -0.194. The van der Waals surface area contributed by atoms with Gasteiger partial charge in [-0.1, -0.05) is 32.4 Å². The van der Waals surface area contributed by atoms with Gasteiger partial charge >= 0.3 is 5.97 Å². The molecule has 0 amide bonds. The van der Waals surface area contributed by atoms with Crippen LogP contribution in [0, 0.1) is 5.92 Å². The third-order valence-electron chi connectivity index (χ3n) is 4.85. The smallest absolute Gasteiger partial charge is 0.328 e. The fourth-order valence-electron chi connectivity index (χ4n) is 3.54. The minimum absolute atomic E-state index is 0.0971. The highest BCUT2D eigenvalue weighted by molar-refractivity contribution is 5.81. The monoisotopic (exact) mass is 309 g/mol. The van der Waals surface area contributed by atoms with Crippen molar-refractivity contribution in [2.75, 3.05) is 20.1 Å². The van der Waals surface area contributed by atoms with Crippen LogP contribution in [0.4, 0.5) is 0 Å². The van der Waals surface area contributed by atoms with Crippen molar-refractivity contribution in [2.24, 2.45) is 5.92 Å². The number of allylic oxidation sites excluding steroid dienone is 2. The molecule has 2 aliphatic heterocycles. The molecule has 22 heavy (non-hydrogen) atoms. The van der Waals surface area contributed by atoms with Gasteiger partial charge in [0.15, 0.2) is 5.54 Å². The molecule has 124 valence electrons. The molecule has 1 unspecified atom stereocenters. The summed E-state index contributed by atoms with van der Waals surface area (Å²) in [5, 5.41) is 26.9. The van der Waals surface area contributed by atoms with E-state index in [-0.39, 0.29) is 5.92 Å². The van der Waals surface area contributed by atoms with Crippen LogP contribution >= 0.6 is 0 Å². The summed E-state index contributed by atoms with van der Waals surface area (Å²) in [4.78, 5) is 14.2. The number of carboxylic acids is 1. The molecule has 2 aliphatic rings. The summed E-state index contributed by atoms with van der Waals surface area (Å²) in [6.07, 6.45) is 6.66. The Kier molecular flexibility index (Phi) is 5.13. The summed E-state index contributed by atoms with van der Waals surface area (Å²) in [6.45, 7) is 5.26. The van der Waals surface area contributed by atoms with E-state index >= 15 is 0 Å². The zero-order chi connectivity index (χ0) is 16.3. The summed E-state index contributed by atoms with van der Waals surface area (Å²) in [7, 11) is 1.61. The number of likely N-dealkylation sites (N-methyl/N-ethyl adjacent to an activating group) is 1. The number of fused-ring (bicyclic) bond motifs is 1. The Morgan fingerprint density at radius 2 is 2.36 bits per heavy atom. The van der Waals surface area contributed by atoms with Crippen molar-refractivity contribution in [1.29, 1.82) is 0 Å². The van der Waals surface area contributed by atoms with Gasteiger partial charge in [0.2, 0.25) is 0 Å². The van der Waals surface area contributed by atoms with Crippen LogP contribution in [0.3, 0.4) is 0 Å². The minimum atomic E-state index is -1.41. The maximum atomic E-state index is 12.1. The second kappa shape index (κ2) is 6.71. The number of rotatable bonds is 7. The van der Waals surface area contributed by atoms with Gasteiger partial charge < -0.3 is 25.7 Å². The van der Waals surface area contributed by atoms with Crippen LogP contribution in [0.15, 0.2) is 24.0 Å². The molecule has 0 aromatic carbocycles. The first kappa shape index (κ1) is 16.8. The van der Waals surface area contributed by atoms with E-state index in [1.165, 1.54) is 0 Å². The lowest BCUT2D eigenvalue weighted by molar-refractivity contribution is -0.154. The van der Waals surface area contributed by atoms with Crippen molar-refractivity contribution in [3.05, 3.63) is 24.0 Å². The van der Waals surface area contributed by atoms with Crippen LogP contribution in [-0.4, -0.2) is 58.9 Å². The Labute approximate surface area is 131 Å². The predicted molar refractivity (Wildman–Crippen MR) is 85.2 cm³/mol. The van der Waals surface area contributed by atoms with Crippen molar-refractivity contribution in [3.63, 3.8) is 0 Å². The maximum Gasteiger partial charge on any atom is 0.328 e. The number of aliphatic hydroxyl groups excluding tert-OH is 1. The van der Waals surface area contributed by atoms with Crippen molar-refractivity contribution in [1.82, 2.24) is 15.5 Å². The molecule has 1 fully saturated rings. The average Bonchev–Trinajstić information content (AvgIpc) is 2.92. The van der Waals surface area contributed by atoms with Gasteiger partial charge in [0.05, 0.1) is 12.1 Å². The minimum Gasteiger partial charge on any atom is -0.480 e. The Hall–Kier alpha value is -1.53. The molecule has 6 nitrogen and oxygen atoms in total. The highest BCUT2D eigenvalue weighted by atomic mass is 16.4. The fourth-order valence-corrected chi connectivity index (χ4v) is 3.54. The lowest BCUT2D eigenvalue weighted by Gasteiger charge is -2.41. The van der Waals surface area contributed by atoms with Crippen LogP contribution in [-0.2, 0) is 4.79 Å². The van der Waals surface area contributed by atoms with E-state index in [0.717, 1.165) is 25.2 Å². The van der Waals surface area contributed by atoms with E-state index in [1.807, 2.05) is 32.1 Å². The second-order valence-corrected chi connectivity index (χ2v) is 6.22. The quantitative estimate of drug-likeness (QED) is 0.548. The number of nitrogens with one attached hydrogen (secondary N) is 2. The topological polar surface area (TPSA) is 84.8 Å². The van der Waals surface area contributed by atoms with Crippen LogP contribution in [0.5, 0.6) is 0 Å². The molecule has 4 atom stereocenters. The van der Waals surface area contributed by atoms with Gasteiger partial charge in [-0.3, -0.25) is 4.79 Å². The summed E-state index contributed by atoms with van der Waals surface area (Å²) >= 11 is 0. The lowest BCUT2D eigenvalue weighted by atomic mass is 9.77. The number of nitrogens with zero attached hydrogens (tertiary/aromatic N) is 1. The van der Waals surface area contributed by atoms with Gasteiger partial charge in [-0.25, -0.2) is 0 Å². The van der Waals surface area contributed by atoms with E-state index in [4.69, 9.17) is 0 Å². The van der Waals surface area contributed by atoms with Gasteiger partial charge in [0.1, 0.15) is 5.82 Å². The first-order valence-electron chi connectivity index (χ1n) is 7.96. The van der Waals surface area contributed by atoms with Crippen LogP contribution < -0.4 is 10.6 Å². The lowest BCUT2D eigenvalue weighted by Crippen LogP contribution is -2.70. The molecule has 6 heteroatoms. The zero-order valence-electron chi connectivity index (χ0n) is 13.5.